The molecule has 1 N–H and O–H groups in total. The average Bonchev–Trinajstić information content (AvgIpc) is 3.31. The Morgan fingerprint density at radius 1 is 1.35 bits per heavy atom. The van der Waals surface area contributed by atoms with Gasteiger partial charge in [-0.05, 0) is 44.9 Å². The predicted molar refractivity (Wildman–Crippen MR) is 93.7 cm³/mol. The van der Waals surface area contributed by atoms with E-state index in [2.05, 4.69) is 10.5 Å². The quantitative estimate of drug-likeness (QED) is 0.650. The van der Waals surface area contributed by atoms with Crippen LogP contribution in [0.25, 0.3) is 5.69 Å². The maximum atomic E-state index is 11.6. The monoisotopic (exact) mass is 349 g/mol. The molecular weight excluding hydrogens is 333 g/mol. The van der Waals surface area contributed by atoms with Crippen LogP contribution < -0.4 is 5.43 Å². The second-order valence-electron chi connectivity index (χ2n) is 5.74. The van der Waals surface area contributed by atoms with Gasteiger partial charge in [-0.1, -0.05) is 29.3 Å². The number of halogens is 2. The fraction of sp³-hybridized carbons (Fsp3) is 0.294. The van der Waals surface area contributed by atoms with Gasteiger partial charge in [-0.15, -0.1) is 0 Å². The van der Waals surface area contributed by atoms with Gasteiger partial charge in [-0.3, -0.25) is 4.79 Å². The largest absolute Gasteiger partial charge is 0.316 e. The second kappa shape index (κ2) is 6.38. The molecule has 0 unspecified atom stereocenters. The van der Waals surface area contributed by atoms with Crippen molar-refractivity contribution < 1.29 is 4.79 Å². The lowest BCUT2D eigenvalue weighted by atomic mass is 10.2. The molecule has 1 aliphatic rings. The highest BCUT2D eigenvalue weighted by Gasteiger charge is 2.29. The number of hydrogen-bond acceptors (Lipinski definition) is 2. The van der Waals surface area contributed by atoms with Crippen molar-refractivity contribution in [2.45, 2.75) is 26.7 Å². The van der Waals surface area contributed by atoms with Crippen LogP contribution in [0.5, 0.6) is 0 Å². The molecule has 4 nitrogen and oxygen atoms in total. The van der Waals surface area contributed by atoms with Gasteiger partial charge in [0.25, 0.3) is 0 Å². The van der Waals surface area contributed by atoms with Crippen LogP contribution in [-0.2, 0) is 4.79 Å². The molecular formula is C17H17Cl2N3O. The molecule has 0 bridgehead atoms. The summed E-state index contributed by atoms with van der Waals surface area (Å²) in [4.78, 5) is 11.6. The summed E-state index contributed by atoms with van der Waals surface area (Å²) in [6, 6.07) is 7.55. The van der Waals surface area contributed by atoms with Gasteiger partial charge in [-0.25, -0.2) is 5.43 Å². The Morgan fingerprint density at radius 2 is 2.09 bits per heavy atom. The summed E-state index contributed by atoms with van der Waals surface area (Å²) >= 11 is 12.4. The summed E-state index contributed by atoms with van der Waals surface area (Å²) in [5.74, 6) is 0.137. The van der Waals surface area contributed by atoms with Crippen molar-refractivity contribution in [1.29, 1.82) is 0 Å². The first-order chi connectivity index (χ1) is 11.0. The lowest BCUT2D eigenvalue weighted by Gasteiger charge is -2.12. The second-order valence-corrected chi connectivity index (χ2v) is 6.53. The Kier molecular flexibility index (Phi) is 4.46. The maximum Gasteiger partial charge on any atom is 0.243 e. The molecule has 0 spiro atoms. The SMILES string of the molecule is Cc1cc(/C=N/NC(=O)C2CC2)c(C)n1-c1cccc(Cl)c1Cl. The zero-order valence-electron chi connectivity index (χ0n) is 12.9. The van der Waals surface area contributed by atoms with E-state index in [9.17, 15) is 4.79 Å². The van der Waals surface area contributed by atoms with Gasteiger partial charge in [-0.2, -0.15) is 5.10 Å². The van der Waals surface area contributed by atoms with E-state index in [-0.39, 0.29) is 11.8 Å². The first kappa shape index (κ1) is 16.1. The van der Waals surface area contributed by atoms with E-state index in [1.807, 2.05) is 36.6 Å². The van der Waals surface area contributed by atoms with Crippen LogP contribution in [0.1, 0.15) is 29.8 Å². The molecule has 6 heteroatoms. The molecule has 1 heterocycles. The molecule has 2 aromatic rings. The number of benzene rings is 1. The van der Waals surface area contributed by atoms with E-state index in [1.165, 1.54) is 0 Å². The Morgan fingerprint density at radius 3 is 2.78 bits per heavy atom. The number of nitrogens with zero attached hydrogens (tertiary/aromatic N) is 2. The van der Waals surface area contributed by atoms with Gasteiger partial charge in [0.05, 0.1) is 21.9 Å². The van der Waals surface area contributed by atoms with Crippen molar-refractivity contribution >= 4 is 35.3 Å². The standard InChI is InChI=1S/C17H17Cl2N3O/c1-10-8-13(9-20-21-17(23)12-6-7-12)11(2)22(10)15-5-3-4-14(18)16(15)19/h3-5,8-9,12H,6-7H2,1-2H3,(H,21,23)/b20-9+. The Bertz CT molecular complexity index is 791. The third-order valence-electron chi connectivity index (χ3n) is 3.97. The number of amides is 1. The minimum absolute atomic E-state index is 0.00653. The average molecular weight is 350 g/mol. The molecule has 1 aliphatic carbocycles. The number of aromatic nitrogens is 1. The lowest BCUT2D eigenvalue weighted by molar-refractivity contribution is -0.122. The van der Waals surface area contributed by atoms with E-state index in [0.29, 0.717) is 10.0 Å². The molecule has 1 aromatic heterocycles. The smallest absolute Gasteiger partial charge is 0.243 e. The topological polar surface area (TPSA) is 46.4 Å². The number of rotatable bonds is 4. The number of hydrogen-bond donors (Lipinski definition) is 1. The Labute approximate surface area is 145 Å². The first-order valence-electron chi connectivity index (χ1n) is 7.45. The molecule has 0 atom stereocenters. The number of carbonyl (C=O) groups excluding carboxylic acids is 1. The fourth-order valence-electron chi connectivity index (χ4n) is 2.56. The molecule has 120 valence electrons. The highest BCUT2D eigenvalue weighted by molar-refractivity contribution is 6.43. The van der Waals surface area contributed by atoms with Gasteiger partial charge in [0.2, 0.25) is 5.91 Å². The molecule has 23 heavy (non-hydrogen) atoms. The number of hydrazone groups is 1. The third kappa shape index (κ3) is 3.28. The summed E-state index contributed by atoms with van der Waals surface area (Å²) in [6.45, 7) is 3.97. The van der Waals surface area contributed by atoms with Crippen molar-refractivity contribution in [3.05, 3.63) is 51.3 Å². The van der Waals surface area contributed by atoms with Gasteiger partial charge in [0.15, 0.2) is 0 Å². The van der Waals surface area contributed by atoms with Crippen molar-refractivity contribution in [1.82, 2.24) is 9.99 Å². The molecule has 1 amide bonds. The first-order valence-corrected chi connectivity index (χ1v) is 8.21. The maximum absolute atomic E-state index is 11.6. The summed E-state index contributed by atoms with van der Waals surface area (Å²) < 4.78 is 2.03. The van der Waals surface area contributed by atoms with Crippen LogP contribution in [-0.4, -0.2) is 16.7 Å². The normalized spacial score (nSPS) is 14.4. The number of nitrogens with one attached hydrogen (secondary N) is 1. The van der Waals surface area contributed by atoms with E-state index < -0.39 is 0 Å². The van der Waals surface area contributed by atoms with Crippen LogP contribution in [0.3, 0.4) is 0 Å². The molecule has 1 fully saturated rings. The van der Waals surface area contributed by atoms with Crippen molar-refractivity contribution in [3.63, 3.8) is 0 Å². The van der Waals surface area contributed by atoms with Crippen LogP contribution in [0.15, 0.2) is 29.4 Å². The van der Waals surface area contributed by atoms with Crippen molar-refractivity contribution in [3.8, 4) is 5.69 Å². The lowest BCUT2D eigenvalue weighted by Crippen LogP contribution is -2.19. The van der Waals surface area contributed by atoms with Crippen LogP contribution >= 0.6 is 23.2 Å². The van der Waals surface area contributed by atoms with Crippen molar-refractivity contribution in [2.24, 2.45) is 11.0 Å². The highest BCUT2D eigenvalue weighted by atomic mass is 35.5. The van der Waals surface area contributed by atoms with Gasteiger partial charge >= 0.3 is 0 Å². The Balaban J connectivity index is 1.88. The van der Waals surface area contributed by atoms with E-state index >= 15 is 0 Å². The van der Waals surface area contributed by atoms with E-state index in [1.54, 1.807) is 12.3 Å². The molecule has 3 rings (SSSR count). The van der Waals surface area contributed by atoms with Gasteiger partial charge < -0.3 is 4.57 Å². The van der Waals surface area contributed by atoms with Gasteiger partial charge in [0.1, 0.15) is 0 Å². The van der Waals surface area contributed by atoms with Crippen LogP contribution in [0.4, 0.5) is 0 Å². The molecule has 0 radical (unpaired) electrons. The van der Waals surface area contributed by atoms with E-state index in [4.69, 9.17) is 23.2 Å². The Hall–Kier alpha value is -1.78. The summed E-state index contributed by atoms with van der Waals surface area (Å²) in [6.07, 6.45) is 3.59. The summed E-state index contributed by atoms with van der Waals surface area (Å²) in [7, 11) is 0. The molecule has 1 saturated carbocycles. The zero-order valence-corrected chi connectivity index (χ0v) is 14.4. The highest BCUT2D eigenvalue weighted by Crippen LogP contribution is 2.31. The number of aryl methyl sites for hydroxylation is 1. The third-order valence-corrected chi connectivity index (χ3v) is 4.78. The molecule has 0 saturated heterocycles. The van der Waals surface area contributed by atoms with E-state index in [0.717, 1.165) is 35.5 Å². The predicted octanol–water partition coefficient (Wildman–Crippen LogP) is 4.26. The van der Waals surface area contributed by atoms with Crippen LogP contribution in [0.2, 0.25) is 10.0 Å². The van der Waals surface area contributed by atoms with Crippen molar-refractivity contribution in [2.75, 3.05) is 0 Å². The minimum Gasteiger partial charge on any atom is -0.316 e. The number of carbonyl (C=O) groups is 1. The molecule has 0 aliphatic heterocycles. The fourth-order valence-corrected chi connectivity index (χ4v) is 2.94. The summed E-state index contributed by atoms with van der Waals surface area (Å²) in [5.41, 5.74) is 6.34. The minimum atomic E-state index is -0.00653. The zero-order chi connectivity index (χ0) is 16.6. The molecule has 1 aromatic carbocycles. The van der Waals surface area contributed by atoms with Crippen LogP contribution in [0, 0.1) is 19.8 Å². The van der Waals surface area contributed by atoms with Gasteiger partial charge in [0, 0.05) is 22.9 Å². The summed E-state index contributed by atoms with van der Waals surface area (Å²) in [5, 5.41) is 5.09.